The van der Waals surface area contributed by atoms with Crippen LogP contribution in [-0.4, -0.2) is 55.8 Å². The van der Waals surface area contributed by atoms with Gasteiger partial charge in [-0.25, -0.2) is 12.8 Å². The number of anilines is 1. The second-order valence-corrected chi connectivity index (χ2v) is 10.6. The Hall–Kier alpha value is -2.45. The van der Waals surface area contributed by atoms with Gasteiger partial charge in [0.15, 0.2) is 0 Å². The van der Waals surface area contributed by atoms with Crippen LogP contribution in [-0.2, 0) is 27.1 Å². The summed E-state index contributed by atoms with van der Waals surface area (Å²) in [6.07, 6.45) is 2.62. The largest absolute Gasteiger partial charge is 0.368 e. The molecule has 0 unspecified atom stereocenters. The maximum Gasteiger partial charge on any atom is 0.219 e. The van der Waals surface area contributed by atoms with Gasteiger partial charge in [0.05, 0.1) is 5.75 Å². The molecule has 0 radical (unpaired) electrons. The fraction of sp³-hybridized carbons (Fsp3) is 0.458. The van der Waals surface area contributed by atoms with Crippen LogP contribution < -0.4 is 4.90 Å². The molecule has 172 valence electrons. The van der Waals surface area contributed by atoms with Crippen molar-refractivity contribution < 1.29 is 17.6 Å². The minimum Gasteiger partial charge on any atom is -0.368 e. The summed E-state index contributed by atoms with van der Waals surface area (Å²) < 4.78 is 43.0. The van der Waals surface area contributed by atoms with Gasteiger partial charge in [-0.3, -0.25) is 4.79 Å². The van der Waals surface area contributed by atoms with Crippen LogP contribution in [0.25, 0.3) is 0 Å². The Morgan fingerprint density at radius 2 is 1.75 bits per heavy atom. The second kappa shape index (κ2) is 9.58. The van der Waals surface area contributed by atoms with Crippen LogP contribution in [0.3, 0.4) is 0 Å². The zero-order chi connectivity index (χ0) is 22.7. The molecular weight excluding hydrogens is 429 g/mol. The van der Waals surface area contributed by atoms with Crippen molar-refractivity contribution in [3.05, 3.63) is 65.5 Å². The zero-order valence-corrected chi connectivity index (χ0v) is 19.2. The molecule has 4 rings (SSSR count). The molecule has 1 saturated carbocycles. The summed E-state index contributed by atoms with van der Waals surface area (Å²) >= 11 is 0. The molecular formula is C24H30FN3O3S. The van der Waals surface area contributed by atoms with Gasteiger partial charge in [0.25, 0.3) is 0 Å². The molecule has 1 aliphatic heterocycles. The predicted molar refractivity (Wildman–Crippen MR) is 123 cm³/mol. The highest BCUT2D eigenvalue weighted by Gasteiger charge is 2.34. The molecule has 0 aromatic heterocycles. The van der Waals surface area contributed by atoms with Crippen molar-refractivity contribution >= 4 is 21.6 Å². The van der Waals surface area contributed by atoms with E-state index in [0.717, 1.165) is 30.5 Å². The first-order valence-electron chi connectivity index (χ1n) is 11.2. The quantitative estimate of drug-likeness (QED) is 0.637. The van der Waals surface area contributed by atoms with Crippen molar-refractivity contribution in [2.75, 3.05) is 31.1 Å². The number of halogens is 1. The van der Waals surface area contributed by atoms with Gasteiger partial charge in [0.1, 0.15) is 5.82 Å². The predicted octanol–water partition coefficient (Wildman–Crippen LogP) is 3.38. The molecule has 1 heterocycles. The fourth-order valence-electron chi connectivity index (χ4n) is 4.31. The Labute approximate surface area is 189 Å². The highest BCUT2D eigenvalue weighted by molar-refractivity contribution is 7.88. The minimum atomic E-state index is -3.58. The van der Waals surface area contributed by atoms with E-state index in [0.29, 0.717) is 31.7 Å². The first-order valence-corrected chi connectivity index (χ1v) is 12.8. The van der Waals surface area contributed by atoms with E-state index < -0.39 is 15.8 Å². The molecule has 8 heteroatoms. The van der Waals surface area contributed by atoms with Gasteiger partial charge in [-0.05, 0) is 30.5 Å². The van der Waals surface area contributed by atoms with E-state index in [2.05, 4.69) is 4.90 Å². The van der Waals surface area contributed by atoms with Gasteiger partial charge in [0, 0.05) is 56.9 Å². The number of carbonyl (C=O) groups excluding carboxylic acids is 1. The van der Waals surface area contributed by atoms with Crippen molar-refractivity contribution in [1.29, 1.82) is 0 Å². The van der Waals surface area contributed by atoms with Gasteiger partial charge >= 0.3 is 0 Å². The molecule has 0 bridgehead atoms. The lowest BCUT2D eigenvalue weighted by atomic mass is 9.93. The lowest BCUT2D eigenvalue weighted by Gasteiger charge is -2.37. The SMILES string of the molecule is CC(=O)N1CCN(c2ccc(CN(C3CCC3)S(=O)(=O)Cc3ccccc3)c(F)c2)CC1. The van der Waals surface area contributed by atoms with E-state index in [9.17, 15) is 13.2 Å². The molecule has 0 N–H and O–H groups in total. The number of amides is 1. The number of hydrogen-bond donors (Lipinski definition) is 0. The molecule has 1 amide bonds. The normalized spacial score (nSPS) is 17.5. The zero-order valence-electron chi connectivity index (χ0n) is 18.4. The highest BCUT2D eigenvalue weighted by Crippen LogP contribution is 2.31. The van der Waals surface area contributed by atoms with E-state index in [1.165, 1.54) is 10.4 Å². The van der Waals surface area contributed by atoms with E-state index in [1.54, 1.807) is 30.0 Å². The first-order chi connectivity index (χ1) is 15.3. The summed E-state index contributed by atoms with van der Waals surface area (Å²) in [5, 5.41) is 0. The van der Waals surface area contributed by atoms with Crippen LogP contribution in [0.2, 0.25) is 0 Å². The summed E-state index contributed by atoms with van der Waals surface area (Å²) in [4.78, 5) is 15.4. The molecule has 2 aliphatic rings. The average molecular weight is 460 g/mol. The molecule has 2 aromatic rings. The van der Waals surface area contributed by atoms with Gasteiger partial charge in [0.2, 0.25) is 15.9 Å². The maximum atomic E-state index is 15.1. The number of sulfonamides is 1. The highest BCUT2D eigenvalue weighted by atomic mass is 32.2. The monoisotopic (exact) mass is 459 g/mol. The smallest absolute Gasteiger partial charge is 0.219 e. The van der Waals surface area contributed by atoms with Crippen LogP contribution in [0.4, 0.5) is 10.1 Å². The first kappa shape index (κ1) is 22.7. The van der Waals surface area contributed by atoms with E-state index in [4.69, 9.17) is 0 Å². The van der Waals surface area contributed by atoms with Gasteiger partial charge in [-0.1, -0.05) is 42.8 Å². The summed E-state index contributed by atoms with van der Waals surface area (Å²) in [6.45, 7) is 4.14. The molecule has 2 aromatic carbocycles. The Morgan fingerprint density at radius 1 is 1.06 bits per heavy atom. The lowest BCUT2D eigenvalue weighted by molar-refractivity contribution is -0.129. The molecule has 0 atom stereocenters. The summed E-state index contributed by atoms with van der Waals surface area (Å²) in [5.74, 6) is -0.417. The minimum absolute atomic E-state index is 0.0457. The molecule has 1 aliphatic carbocycles. The third kappa shape index (κ3) is 5.13. The van der Waals surface area contributed by atoms with Crippen LogP contribution in [0, 0.1) is 5.82 Å². The van der Waals surface area contributed by atoms with Gasteiger partial charge in [-0.2, -0.15) is 4.31 Å². The number of hydrogen-bond acceptors (Lipinski definition) is 4. The molecule has 6 nitrogen and oxygen atoms in total. The third-order valence-corrected chi connectivity index (χ3v) is 8.32. The fourth-order valence-corrected chi connectivity index (χ4v) is 6.09. The molecule has 32 heavy (non-hydrogen) atoms. The maximum absolute atomic E-state index is 15.1. The van der Waals surface area contributed by atoms with Gasteiger partial charge < -0.3 is 9.80 Å². The average Bonchev–Trinajstić information content (AvgIpc) is 2.73. The standard InChI is InChI=1S/C24H30FN3O3S/c1-19(29)26-12-14-27(15-13-26)23-11-10-21(24(25)16-23)17-28(22-8-5-9-22)32(30,31)18-20-6-3-2-4-7-20/h2-4,6-7,10-11,16,22H,5,8-9,12-15,17-18H2,1H3. The van der Waals surface area contributed by atoms with Crippen LogP contribution in [0.5, 0.6) is 0 Å². The van der Waals surface area contributed by atoms with Crippen LogP contribution in [0.15, 0.2) is 48.5 Å². The number of carbonyl (C=O) groups is 1. The number of benzene rings is 2. The summed E-state index contributed by atoms with van der Waals surface area (Å²) in [6, 6.07) is 14.1. The van der Waals surface area contributed by atoms with Crippen molar-refractivity contribution in [2.45, 2.75) is 44.5 Å². The third-order valence-electron chi connectivity index (χ3n) is 6.48. The molecule has 2 fully saturated rings. The van der Waals surface area contributed by atoms with Crippen molar-refractivity contribution in [2.24, 2.45) is 0 Å². The van der Waals surface area contributed by atoms with E-state index >= 15 is 4.39 Å². The number of nitrogens with zero attached hydrogens (tertiary/aromatic N) is 3. The topological polar surface area (TPSA) is 60.9 Å². The second-order valence-electron chi connectivity index (χ2n) is 8.64. The van der Waals surface area contributed by atoms with Crippen LogP contribution >= 0.6 is 0 Å². The van der Waals surface area contributed by atoms with E-state index in [-0.39, 0.29) is 24.2 Å². The van der Waals surface area contributed by atoms with Gasteiger partial charge in [-0.15, -0.1) is 0 Å². The van der Waals surface area contributed by atoms with E-state index in [1.807, 2.05) is 24.3 Å². The van der Waals surface area contributed by atoms with Crippen molar-refractivity contribution in [1.82, 2.24) is 9.21 Å². The van der Waals surface area contributed by atoms with Crippen molar-refractivity contribution in [3.8, 4) is 0 Å². The number of piperazine rings is 1. The molecule has 0 spiro atoms. The number of rotatable bonds is 7. The Morgan fingerprint density at radius 3 is 2.31 bits per heavy atom. The van der Waals surface area contributed by atoms with Crippen molar-refractivity contribution in [3.63, 3.8) is 0 Å². The Kier molecular flexibility index (Phi) is 6.81. The Balaban J connectivity index is 1.49. The summed E-state index contributed by atoms with van der Waals surface area (Å²) in [7, 11) is -3.58. The Bertz CT molecular complexity index is 1050. The lowest BCUT2D eigenvalue weighted by Crippen LogP contribution is -2.48. The van der Waals surface area contributed by atoms with Crippen LogP contribution in [0.1, 0.15) is 37.3 Å². The summed E-state index contributed by atoms with van der Waals surface area (Å²) in [5.41, 5.74) is 1.88. The molecule has 1 saturated heterocycles.